The Kier molecular flexibility index (Phi) is 3.12. The zero-order valence-corrected chi connectivity index (χ0v) is 14.2. The van der Waals surface area contributed by atoms with Gasteiger partial charge < -0.3 is 0 Å². The summed E-state index contributed by atoms with van der Waals surface area (Å²) in [5.74, 6) is -0.398. The molecule has 1 aliphatic heterocycles. The Labute approximate surface area is 148 Å². The SMILES string of the molecule is O=C1c2ccccc2C(=O)N1CCc1nc2c(s1)Cc1ccccc1-2. The van der Waals surface area contributed by atoms with E-state index >= 15 is 0 Å². The van der Waals surface area contributed by atoms with E-state index in [-0.39, 0.29) is 11.8 Å². The average molecular weight is 346 g/mol. The molecule has 0 unspecified atom stereocenters. The Balaban J connectivity index is 1.36. The van der Waals surface area contributed by atoms with Crippen molar-refractivity contribution in [2.45, 2.75) is 12.8 Å². The van der Waals surface area contributed by atoms with Gasteiger partial charge in [-0.05, 0) is 17.7 Å². The van der Waals surface area contributed by atoms with Crippen LogP contribution in [-0.4, -0.2) is 28.2 Å². The molecule has 0 fully saturated rings. The van der Waals surface area contributed by atoms with Crippen molar-refractivity contribution in [3.63, 3.8) is 0 Å². The second-order valence-corrected chi connectivity index (χ2v) is 7.44. The first-order valence-corrected chi connectivity index (χ1v) is 9.06. The van der Waals surface area contributed by atoms with Crippen molar-refractivity contribution in [2.24, 2.45) is 0 Å². The van der Waals surface area contributed by atoms with Crippen LogP contribution in [0.4, 0.5) is 0 Å². The minimum Gasteiger partial charge on any atom is -0.274 e. The zero-order valence-electron chi connectivity index (χ0n) is 13.4. The standard InChI is InChI=1S/C20H14N2O2S/c23-19-14-7-3-4-8-15(14)20(24)22(19)10-9-17-21-18-13-6-2-1-5-12(13)11-16(18)25-17/h1-8H,9-11H2. The van der Waals surface area contributed by atoms with E-state index in [1.807, 2.05) is 6.07 Å². The first-order chi connectivity index (χ1) is 12.2. The number of benzene rings is 2. The lowest BCUT2D eigenvalue weighted by Gasteiger charge is -2.12. The number of carbonyl (C=O) groups excluding carboxylic acids is 2. The van der Waals surface area contributed by atoms with Crippen LogP contribution in [0.1, 0.15) is 36.2 Å². The summed E-state index contributed by atoms with van der Waals surface area (Å²) in [5, 5.41) is 0.982. The molecule has 2 aromatic carbocycles. The molecule has 4 nitrogen and oxygen atoms in total. The molecule has 25 heavy (non-hydrogen) atoms. The van der Waals surface area contributed by atoms with Crippen LogP contribution >= 0.6 is 11.3 Å². The molecule has 0 saturated heterocycles. The van der Waals surface area contributed by atoms with Gasteiger partial charge in [0.1, 0.15) is 0 Å². The van der Waals surface area contributed by atoms with Gasteiger partial charge in [-0.3, -0.25) is 14.5 Å². The normalized spacial score (nSPS) is 14.6. The molecule has 1 aliphatic carbocycles. The molecular formula is C20H14N2O2S. The van der Waals surface area contributed by atoms with Gasteiger partial charge in [-0.1, -0.05) is 36.4 Å². The number of carbonyl (C=O) groups is 2. The molecule has 0 atom stereocenters. The fraction of sp³-hybridized carbons (Fsp3) is 0.150. The van der Waals surface area contributed by atoms with E-state index < -0.39 is 0 Å². The van der Waals surface area contributed by atoms with Gasteiger partial charge in [0.2, 0.25) is 0 Å². The van der Waals surface area contributed by atoms with Gasteiger partial charge in [-0.15, -0.1) is 11.3 Å². The number of fused-ring (bicyclic) bond motifs is 4. The highest BCUT2D eigenvalue weighted by molar-refractivity contribution is 7.12. The quantitative estimate of drug-likeness (QED) is 0.533. The molecule has 0 bridgehead atoms. The van der Waals surface area contributed by atoms with Crippen molar-refractivity contribution >= 4 is 23.2 Å². The molecule has 0 spiro atoms. The van der Waals surface area contributed by atoms with Gasteiger partial charge in [0.05, 0.1) is 21.8 Å². The molecule has 2 aliphatic rings. The average Bonchev–Trinajstić information content (AvgIpc) is 3.25. The Morgan fingerprint density at radius 3 is 2.28 bits per heavy atom. The molecular weight excluding hydrogens is 332 g/mol. The summed E-state index contributed by atoms with van der Waals surface area (Å²) in [7, 11) is 0. The first-order valence-electron chi connectivity index (χ1n) is 8.24. The van der Waals surface area contributed by atoms with E-state index in [9.17, 15) is 9.59 Å². The number of hydrogen-bond donors (Lipinski definition) is 0. The van der Waals surface area contributed by atoms with Crippen LogP contribution < -0.4 is 0 Å². The van der Waals surface area contributed by atoms with Crippen molar-refractivity contribution in [3.8, 4) is 11.3 Å². The summed E-state index contributed by atoms with van der Waals surface area (Å²) in [4.78, 5) is 32.2. The predicted molar refractivity (Wildman–Crippen MR) is 95.9 cm³/mol. The van der Waals surface area contributed by atoms with Crippen LogP contribution in [0.25, 0.3) is 11.3 Å². The molecule has 2 heterocycles. The van der Waals surface area contributed by atoms with Crippen LogP contribution in [0.15, 0.2) is 48.5 Å². The molecule has 122 valence electrons. The smallest absolute Gasteiger partial charge is 0.261 e. The predicted octanol–water partition coefficient (Wildman–Crippen LogP) is 3.55. The van der Waals surface area contributed by atoms with E-state index in [1.165, 1.54) is 20.9 Å². The third kappa shape index (κ3) is 2.16. The number of nitrogens with zero attached hydrogens (tertiary/aromatic N) is 2. The third-order valence-electron chi connectivity index (χ3n) is 4.79. The first kappa shape index (κ1) is 14.5. The van der Waals surface area contributed by atoms with Gasteiger partial charge in [-0.25, -0.2) is 4.98 Å². The largest absolute Gasteiger partial charge is 0.274 e. The monoisotopic (exact) mass is 346 g/mol. The molecule has 2 amide bonds. The lowest BCUT2D eigenvalue weighted by atomic mass is 10.1. The minimum absolute atomic E-state index is 0.199. The topological polar surface area (TPSA) is 50.3 Å². The van der Waals surface area contributed by atoms with Crippen molar-refractivity contribution in [2.75, 3.05) is 6.54 Å². The number of amides is 2. The molecule has 3 aromatic rings. The van der Waals surface area contributed by atoms with Gasteiger partial charge in [0, 0.05) is 29.8 Å². The van der Waals surface area contributed by atoms with Crippen LogP contribution in [0, 0.1) is 0 Å². The lowest BCUT2D eigenvalue weighted by molar-refractivity contribution is 0.0656. The maximum atomic E-state index is 12.4. The molecule has 0 saturated carbocycles. The number of hydrogen-bond acceptors (Lipinski definition) is 4. The molecule has 5 heteroatoms. The maximum Gasteiger partial charge on any atom is 0.261 e. The van der Waals surface area contributed by atoms with Crippen LogP contribution in [0.5, 0.6) is 0 Å². The number of aromatic nitrogens is 1. The zero-order chi connectivity index (χ0) is 17.0. The highest BCUT2D eigenvalue weighted by Crippen LogP contribution is 2.39. The van der Waals surface area contributed by atoms with Crippen LogP contribution in [0.2, 0.25) is 0 Å². The minimum atomic E-state index is -0.199. The van der Waals surface area contributed by atoms with Crippen molar-refractivity contribution < 1.29 is 9.59 Å². The lowest BCUT2D eigenvalue weighted by Crippen LogP contribution is -2.31. The van der Waals surface area contributed by atoms with Crippen molar-refractivity contribution in [1.82, 2.24) is 9.88 Å². The summed E-state index contributed by atoms with van der Waals surface area (Å²) in [6, 6.07) is 15.3. The fourth-order valence-electron chi connectivity index (χ4n) is 3.57. The molecule has 5 rings (SSSR count). The summed E-state index contributed by atoms with van der Waals surface area (Å²) >= 11 is 1.69. The van der Waals surface area contributed by atoms with E-state index in [4.69, 9.17) is 4.98 Å². The number of rotatable bonds is 3. The maximum absolute atomic E-state index is 12.4. The van der Waals surface area contributed by atoms with Gasteiger partial charge in [0.25, 0.3) is 11.8 Å². The van der Waals surface area contributed by atoms with Gasteiger partial charge in [-0.2, -0.15) is 0 Å². The fourth-order valence-corrected chi connectivity index (χ4v) is 4.66. The molecule has 1 aromatic heterocycles. The van der Waals surface area contributed by atoms with Crippen molar-refractivity contribution in [1.29, 1.82) is 0 Å². The van der Waals surface area contributed by atoms with E-state index in [1.54, 1.807) is 35.6 Å². The summed E-state index contributed by atoms with van der Waals surface area (Å²) in [5.41, 5.74) is 4.60. The Morgan fingerprint density at radius 1 is 0.920 bits per heavy atom. The Bertz CT molecular complexity index is 1000. The summed E-state index contributed by atoms with van der Waals surface area (Å²) in [6.45, 7) is 0.375. The summed E-state index contributed by atoms with van der Waals surface area (Å²) in [6.07, 6.45) is 1.53. The van der Waals surface area contributed by atoms with Gasteiger partial charge in [0.15, 0.2) is 0 Å². The Hall–Kier alpha value is -2.79. The van der Waals surface area contributed by atoms with Crippen molar-refractivity contribution in [3.05, 3.63) is 75.1 Å². The second kappa shape index (κ2) is 5.36. The summed E-state index contributed by atoms with van der Waals surface area (Å²) < 4.78 is 0. The van der Waals surface area contributed by atoms with E-state index in [0.717, 1.165) is 17.1 Å². The van der Waals surface area contributed by atoms with Gasteiger partial charge >= 0.3 is 0 Å². The number of thiazole rings is 1. The Morgan fingerprint density at radius 2 is 1.56 bits per heavy atom. The highest BCUT2D eigenvalue weighted by Gasteiger charge is 2.35. The van der Waals surface area contributed by atoms with E-state index in [2.05, 4.69) is 18.2 Å². The van der Waals surface area contributed by atoms with Crippen LogP contribution in [-0.2, 0) is 12.8 Å². The molecule has 0 N–H and O–H groups in total. The van der Waals surface area contributed by atoms with E-state index in [0.29, 0.717) is 24.1 Å². The third-order valence-corrected chi connectivity index (χ3v) is 5.91. The number of imide groups is 1. The van der Waals surface area contributed by atoms with Crippen LogP contribution in [0.3, 0.4) is 0 Å². The second-order valence-electron chi connectivity index (χ2n) is 6.27. The molecule has 0 radical (unpaired) electrons. The highest BCUT2D eigenvalue weighted by atomic mass is 32.1.